The lowest BCUT2D eigenvalue weighted by Gasteiger charge is -2.22. The number of ether oxygens (including phenoxy) is 2. The average Bonchev–Trinajstić information content (AvgIpc) is 2.16. The van der Waals surface area contributed by atoms with E-state index in [2.05, 4.69) is 17.4 Å². The fraction of sp³-hybridized carbons (Fsp3) is 0.778. The van der Waals surface area contributed by atoms with Crippen molar-refractivity contribution in [2.75, 3.05) is 6.61 Å². The van der Waals surface area contributed by atoms with E-state index in [1.807, 2.05) is 6.92 Å². The van der Waals surface area contributed by atoms with Crippen LogP contribution in [0.3, 0.4) is 0 Å². The summed E-state index contributed by atoms with van der Waals surface area (Å²) >= 11 is 9.18. The van der Waals surface area contributed by atoms with Crippen molar-refractivity contribution in [1.29, 1.82) is 0 Å². The maximum atomic E-state index is 11.4. The molecule has 1 unspecified atom stereocenters. The van der Waals surface area contributed by atoms with Crippen molar-refractivity contribution in [1.82, 2.24) is 0 Å². The molecule has 0 saturated heterocycles. The Hall–Kier alpha value is -0.420. The van der Waals surface area contributed by atoms with Gasteiger partial charge >= 0.3 is 11.3 Å². The summed E-state index contributed by atoms with van der Waals surface area (Å²) in [6.45, 7) is 3.86. The Bertz CT molecular complexity index is 234. The van der Waals surface area contributed by atoms with Crippen molar-refractivity contribution >= 4 is 35.5 Å². The molecule has 0 rings (SSSR count). The summed E-state index contributed by atoms with van der Waals surface area (Å²) < 4.78 is 9.45. The van der Waals surface area contributed by atoms with Gasteiger partial charge in [0.25, 0.3) is 5.06 Å². The van der Waals surface area contributed by atoms with Gasteiger partial charge in [0.2, 0.25) is 0 Å². The van der Waals surface area contributed by atoms with E-state index in [0.29, 0.717) is 0 Å². The molecular weight excluding hydrogens is 240 g/mol. The number of hydrogen-bond donors (Lipinski definition) is 1. The molecule has 0 spiro atoms. The van der Waals surface area contributed by atoms with Crippen LogP contribution in [0.2, 0.25) is 0 Å². The standard InChI is InChI=1S/C9H15ClO4S/c1-3-5-6-13-7(11)9(10,4-2)14-8(12)15/h3-6H2,1-2H3,(H,12,15). The quantitative estimate of drug-likeness (QED) is 0.343. The monoisotopic (exact) mass is 254 g/mol. The lowest BCUT2D eigenvalue weighted by Crippen LogP contribution is -2.37. The van der Waals surface area contributed by atoms with Crippen LogP contribution in [0.5, 0.6) is 0 Å². The van der Waals surface area contributed by atoms with E-state index in [1.165, 1.54) is 0 Å². The van der Waals surface area contributed by atoms with Crippen molar-refractivity contribution in [2.45, 2.75) is 38.2 Å². The Morgan fingerprint density at radius 2 is 2.00 bits per heavy atom. The van der Waals surface area contributed by atoms with Gasteiger partial charge < -0.3 is 9.47 Å². The molecule has 0 N–H and O–H groups in total. The van der Waals surface area contributed by atoms with Gasteiger partial charge in [-0.05, 0) is 6.42 Å². The molecule has 0 radical (unpaired) electrons. The molecule has 6 heteroatoms. The van der Waals surface area contributed by atoms with E-state index in [1.54, 1.807) is 6.92 Å². The molecule has 0 aliphatic carbocycles. The summed E-state index contributed by atoms with van der Waals surface area (Å²) in [7, 11) is 0. The summed E-state index contributed by atoms with van der Waals surface area (Å²) in [5.74, 6) is -0.748. The Morgan fingerprint density at radius 3 is 2.40 bits per heavy atom. The highest BCUT2D eigenvalue weighted by Gasteiger charge is 2.39. The number of hydrogen-bond acceptors (Lipinski definition) is 4. The lowest BCUT2D eigenvalue weighted by molar-refractivity contribution is -0.157. The van der Waals surface area contributed by atoms with Crippen LogP contribution in [0.4, 0.5) is 4.79 Å². The topological polar surface area (TPSA) is 52.6 Å². The molecule has 0 aliphatic heterocycles. The molecule has 0 saturated carbocycles. The molecule has 0 aromatic carbocycles. The maximum Gasteiger partial charge on any atom is 0.366 e. The zero-order valence-corrected chi connectivity index (χ0v) is 10.4. The Kier molecular flexibility index (Phi) is 6.76. The first-order valence-corrected chi connectivity index (χ1v) is 5.56. The molecule has 88 valence electrons. The second-order valence-corrected chi connectivity index (χ2v) is 3.92. The van der Waals surface area contributed by atoms with Crippen molar-refractivity contribution in [3.8, 4) is 0 Å². The number of esters is 1. The number of rotatable bonds is 6. The van der Waals surface area contributed by atoms with Crippen LogP contribution in [0.1, 0.15) is 33.1 Å². The molecule has 0 heterocycles. The largest absolute Gasteiger partial charge is 0.462 e. The predicted octanol–water partition coefficient (Wildman–Crippen LogP) is 2.74. The number of halogens is 1. The molecule has 0 bridgehead atoms. The average molecular weight is 255 g/mol. The first-order chi connectivity index (χ1) is 6.96. The van der Waals surface area contributed by atoms with E-state index in [-0.39, 0.29) is 13.0 Å². The van der Waals surface area contributed by atoms with Gasteiger partial charge in [-0.25, -0.2) is 9.59 Å². The maximum absolute atomic E-state index is 11.4. The smallest absolute Gasteiger partial charge is 0.366 e. The summed E-state index contributed by atoms with van der Waals surface area (Å²) in [5, 5.41) is -2.65. The highest BCUT2D eigenvalue weighted by molar-refractivity contribution is 7.96. The van der Waals surface area contributed by atoms with Crippen LogP contribution in [0.15, 0.2) is 0 Å². The number of carbonyl (C=O) groups excluding carboxylic acids is 2. The number of unbranched alkanes of at least 4 members (excludes halogenated alkanes) is 1. The van der Waals surface area contributed by atoms with E-state index in [4.69, 9.17) is 16.3 Å². The second-order valence-electron chi connectivity index (χ2n) is 2.94. The molecular formula is C9H15ClO4S. The van der Waals surface area contributed by atoms with Crippen LogP contribution in [-0.4, -0.2) is 22.9 Å². The first-order valence-electron chi connectivity index (χ1n) is 4.74. The number of carbonyl (C=O) groups is 2. The van der Waals surface area contributed by atoms with Gasteiger partial charge in [0.15, 0.2) is 0 Å². The van der Waals surface area contributed by atoms with Crippen molar-refractivity contribution in [3.63, 3.8) is 0 Å². The van der Waals surface area contributed by atoms with Crippen LogP contribution < -0.4 is 0 Å². The van der Waals surface area contributed by atoms with Gasteiger partial charge in [0, 0.05) is 6.42 Å². The predicted molar refractivity (Wildman–Crippen MR) is 60.2 cm³/mol. The summed E-state index contributed by atoms with van der Waals surface area (Å²) in [6.07, 6.45) is 1.78. The number of alkyl halides is 1. The van der Waals surface area contributed by atoms with Gasteiger partial charge in [-0.1, -0.05) is 44.5 Å². The van der Waals surface area contributed by atoms with Gasteiger partial charge in [0.05, 0.1) is 6.61 Å². The van der Waals surface area contributed by atoms with Gasteiger partial charge in [-0.2, -0.15) is 0 Å². The molecule has 4 nitrogen and oxygen atoms in total. The van der Waals surface area contributed by atoms with Crippen LogP contribution in [-0.2, 0) is 14.3 Å². The molecule has 15 heavy (non-hydrogen) atoms. The highest BCUT2D eigenvalue weighted by Crippen LogP contribution is 2.24. The minimum absolute atomic E-state index is 0.131. The zero-order valence-electron chi connectivity index (χ0n) is 8.79. The second kappa shape index (κ2) is 6.95. The summed E-state index contributed by atoms with van der Waals surface area (Å²) in [6, 6.07) is 0. The van der Waals surface area contributed by atoms with Crippen LogP contribution >= 0.6 is 24.2 Å². The molecule has 0 aliphatic rings. The van der Waals surface area contributed by atoms with E-state index in [9.17, 15) is 9.59 Å². The third-order valence-electron chi connectivity index (χ3n) is 1.74. The minimum Gasteiger partial charge on any atom is -0.462 e. The first kappa shape index (κ1) is 14.6. The minimum atomic E-state index is -1.74. The van der Waals surface area contributed by atoms with Gasteiger partial charge in [-0.15, -0.1) is 0 Å². The van der Waals surface area contributed by atoms with Crippen molar-refractivity contribution < 1.29 is 19.1 Å². The third-order valence-corrected chi connectivity index (χ3v) is 2.33. The van der Waals surface area contributed by atoms with Crippen molar-refractivity contribution in [3.05, 3.63) is 0 Å². The summed E-state index contributed by atoms with van der Waals surface area (Å²) in [4.78, 5) is 22.0. The van der Waals surface area contributed by atoms with E-state index < -0.39 is 16.3 Å². The zero-order chi connectivity index (χ0) is 11.9. The molecule has 0 aromatic rings. The Morgan fingerprint density at radius 1 is 1.40 bits per heavy atom. The Balaban J connectivity index is 4.24. The number of thiol groups is 1. The fourth-order valence-corrected chi connectivity index (χ4v) is 1.15. The van der Waals surface area contributed by atoms with E-state index >= 15 is 0 Å². The molecule has 0 aromatic heterocycles. The SMILES string of the molecule is CCCCOC(=O)C(Cl)(CC)OC(=O)S. The fourth-order valence-electron chi connectivity index (χ4n) is 0.814. The lowest BCUT2D eigenvalue weighted by atomic mass is 10.2. The molecule has 0 amide bonds. The molecule has 0 fully saturated rings. The Labute approximate surface area is 99.7 Å². The summed E-state index contributed by atoms with van der Waals surface area (Å²) in [5.41, 5.74) is 0. The molecule has 1 atom stereocenters. The van der Waals surface area contributed by atoms with Gasteiger partial charge in [-0.3, -0.25) is 0 Å². The third kappa shape index (κ3) is 5.28. The van der Waals surface area contributed by atoms with Crippen molar-refractivity contribution in [2.24, 2.45) is 0 Å². The van der Waals surface area contributed by atoms with Crippen LogP contribution in [0, 0.1) is 0 Å². The van der Waals surface area contributed by atoms with Gasteiger partial charge in [0.1, 0.15) is 0 Å². The van der Waals surface area contributed by atoms with E-state index in [0.717, 1.165) is 12.8 Å². The normalized spacial score (nSPS) is 14.1. The highest BCUT2D eigenvalue weighted by atomic mass is 35.5. The van der Waals surface area contributed by atoms with Crippen LogP contribution in [0.25, 0.3) is 0 Å².